The third-order valence-electron chi connectivity index (χ3n) is 2.45. The Morgan fingerprint density at radius 2 is 2.19 bits per heavy atom. The second kappa shape index (κ2) is 4.78. The van der Waals surface area contributed by atoms with Crippen molar-refractivity contribution in [2.45, 2.75) is 25.9 Å². The zero-order chi connectivity index (χ0) is 11.7. The summed E-state index contributed by atoms with van der Waals surface area (Å²) in [6, 6.07) is 5.45. The fourth-order valence-electron chi connectivity index (χ4n) is 1.68. The van der Waals surface area contributed by atoms with Gasteiger partial charge in [-0.1, -0.05) is 24.9 Å². The van der Waals surface area contributed by atoms with Crippen LogP contribution in [0.15, 0.2) is 27.1 Å². The highest BCUT2D eigenvalue weighted by molar-refractivity contribution is 9.10. The molecule has 1 aromatic carbocycles. The fraction of sp³-hybridized carbons (Fsp3) is 0.333. The number of rotatable bonds is 3. The van der Waals surface area contributed by atoms with Gasteiger partial charge in [0.05, 0.1) is 4.47 Å². The molecule has 16 heavy (non-hydrogen) atoms. The van der Waals surface area contributed by atoms with E-state index in [1.54, 1.807) is 6.07 Å². The van der Waals surface area contributed by atoms with Crippen molar-refractivity contribution in [3.8, 4) is 0 Å². The van der Waals surface area contributed by atoms with E-state index in [0.717, 1.165) is 21.9 Å². The maximum Gasteiger partial charge on any atom is 0.148 e. The van der Waals surface area contributed by atoms with Gasteiger partial charge in [0.25, 0.3) is 0 Å². The molecular weight excluding hydrogens is 291 g/mol. The molecule has 2 rings (SSSR count). The topological polar surface area (TPSA) is 33.4 Å². The molecular formula is C12H12BrClO2. The lowest BCUT2D eigenvalue weighted by Crippen LogP contribution is -1.93. The number of aliphatic hydroxyl groups is 1. The van der Waals surface area contributed by atoms with Crippen LogP contribution in [-0.4, -0.2) is 5.11 Å². The molecule has 86 valence electrons. The third kappa shape index (κ3) is 2.26. The Morgan fingerprint density at radius 1 is 1.44 bits per heavy atom. The summed E-state index contributed by atoms with van der Waals surface area (Å²) in [6.45, 7) is 2.03. The zero-order valence-corrected chi connectivity index (χ0v) is 11.2. The van der Waals surface area contributed by atoms with Gasteiger partial charge in [-0.15, -0.1) is 0 Å². The van der Waals surface area contributed by atoms with Crippen LogP contribution in [0.2, 0.25) is 5.02 Å². The van der Waals surface area contributed by atoms with Gasteiger partial charge in [-0.2, -0.15) is 0 Å². The van der Waals surface area contributed by atoms with E-state index in [1.165, 1.54) is 0 Å². The Hall–Kier alpha value is -0.510. The Kier molecular flexibility index (Phi) is 3.57. The Bertz CT molecular complexity index is 507. The highest BCUT2D eigenvalue weighted by Gasteiger charge is 2.14. The Morgan fingerprint density at radius 3 is 2.88 bits per heavy atom. The van der Waals surface area contributed by atoms with Crippen molar-refractivity contribution in [3.05, 3.63) is 33.5 Å². The van der Waals surface area contributed by atoms with Gasteiger partial charge in [-0.25, -0.2) is 0 Å². The molecule has 0 aliphatic heterocycles. The van der Waals surface area contributed by atoms with Crippen LogP contribution in [0.4, 0.5) is 0 Å². The first-order valence-electron chi connectivity index (χ1n) is 5.18. The van der Waals surface area contributed by atoms with E-state index in [4.69, 9.17) is 16.0 Å². The van der Waals surface area contributed by atoms with Gasteiger partial charge in [0, 0.05) is 10.4 Å². The molecule has 0 spiro atoms. The number of halogens is 2. The maximum atomic E-state index is 9.84. The summed E-state index contributed by atoms with van der Waals surface area (Å²) in [7, 11) is 0. The monoisotopic (exact) mass is 302 g/mol. The smallest absolute Gasteiger partial charge is 0.148 e. The summed E-state index contributed by atoms with van der Waals surface area (Å²) < 4.78 is 6.42. The summed E-state index contributed by atoms with van der Waals surface area (Å²) >= 11 is 9.33. The van der Waals surface area contributed by atoms with E-state index in [0.29, 0.717) is 17.2 Å². The maximum absolute atomic E-state index is 9.84. The molecule has 0 aliphatic carbocycles. The predicted molar refractivity (Wildman–Crippen MR) is 68.8 cm³/mol. The van der Waals surface area contributed by atoms with Crippen LogP contribution in [0.25, 0.3) is 11.0 Å². The van der Waals surface area contributed by atoms with Crippen molar-refractivity contribution in [3.63, 3.8) is 0 Å². The number of fused-ring (bicyclic) bond motifs is 1. The molecule has 2 aromatic rings. The molecule has 0 amide bonds. The largest absolute Gasteiger partial charge is 0.457 e. The van der Waals surface area contributed by atoms with Crippen LogP contribution in [0, 0.1) is 0 Å². The van der Waals surface area contributed by atoms with E-state index >= 15 is 0 Å². The summed E-state index contributed by atoms with van der Waals surface area (Å²) in [4.78, 5) is 0. The minimum atomic E-state index is -0.539. The molecule has 0 bridgehead atoms. The summed E-state index contributed by atoms with van der Waals surface area (Å²) in [5, 5.41) is 11.4. The second-order valence-electron chi connectivity index (χ2n) is 3.76. The molecule has 0 saturated heterocycles. The van der Waals surface area contributed by atoms with E-state index in [9.17, 15) is 5.11 Å². The van der Waals surface area contributed by atoms with Crippen LogP contribution in [0.5, 0.6) is 0 Å². The first-order valence-corrected chi connectivity index (χ1v) is 6.35. The summed E-state index contributed by atoms with van der Waals surface area (Å²) in [5.41, 5.74) is 0.731. The predicted octanol–water partition coefficient (Wildman–Crippen LogP) is 4.68. The van der Waals surface area contributed by atoms with Crippen molar-refractivity contribution in [1.82, 2.24) is 0 Å². The van der Waals surface area contributed by atoms with Gasteiger partial charge in [-0.3, -0.25) is 0 Å². The number of furan rings is 1. The Labute approximate surface area is 107 Å². The van der Waals surface area contributed by atoms with Crippen molar-refractivity contribution >= 4 is 38.5 Å². The van der Waals surface area contributed by atoms with Crippen molar-refractivity contribution in [2.24, 2.45) is 0 Å². The number of benzene rings is 1. The molecule has 1 aromatic heterocycles. The molecule has 4 heteroatoms. The fourth-order valence-corrected chi connectivity index (χ4v) is 2.59. The number of hydrogen-bond acceptors (Lipinski definition) is 2. The molecule has 0 aliphatic rings. The molecule has 0 fully saturated rings. The third-order valence-corrected chi connectivity index (χ3v) is 3.25. The minimum absolute atomic E-state index is 0.539. The lowest BCUT2D eigenvalue weighted by Gasteiger charge is -2.03. The highest BCUT2D eigenvalue weighted by Crippen LogP contribution is 2.33. The van der Waals surface area contributed by atoms with Crippen molar-refractivity contribution < 1.29 is 9.52 Å². The molecule has 1 heterocycles. The first-order chi connectivity index (χ1) is 7.61. The van der Waals surface area contributed by atoms with Gasteiger partial charge < -0.3 is 9.52 Å². The molecule has 0 saturated carbocycles. The average molecular weight is 304 g/mol. The summed E-state index contributed by atoms with van der Waals surface area (Å²) in [5.74, 6) is 0.597. The second-order valence-corrected chi connectivity index (χ2v) is 5.05. The van der Waals surface area contributed by atoms with Crippen LogP contribution in [0.1, 0.15) is 31.6 Å². The quantitative estimate of drug-likeness (QED) is 0.893. The molecule has 1 N–H and O–H groups in total. The van der Waals surface area contributed by atoms with Gasteiger partial charge >= 0.3 is 0 Å². The van der Waals surface area contributed by atoms with Crippen LogP contribution in [0.3, 0.4) is 0 Å². The summed E-state index contributed by atoms with van der Waals surface area (Å²) in [6.07, 6.45) is 1.08. The molecule has 2 nitrogen and oxygen atoms in total. The van der Waals surface area contributed by atoms with Gasteiger partial charge in [0.2, 0.25) is 0 Å². The van der Waals surface area contributed by atoms with E-state index in [-0.39, 0.29) is 0 Å². The molecule has 0 radical (unpaired) electrons. The van der Waals surface area contributed by atoms with Gasteiger partial charge in [0.1, 0.15) is 17.4 Å². The van der Waals surface area contributed by atoms with Crippen LogP contribution < -0.4 is 0 Å². The Balaban J connectivity index is 2.47. The lowest BCUT2D eigenvalue weighted by molar-refractivity contribution is 0.141. The van der Waals surface area contributed by atoms with E-state index in [1.807, 2.05) is 19.1 Å². The highest BCUT2D eigenvalue weighted by atomic mass is 79.9. The van der Waals surface area contributed by atoms with Gasteiger partial charge in [-0.05, 0) is 40.5 Å². The van der Waals surface area contributed by atoms with Crippen LogP contribution in [-0.2, 0) is 0 Å². The molecule has 1 unspecified atom stereocenters. The van der Waals surface area contributed by atoms with Crippen LogP contribution >= 0.6 is 27.5 Å². The zero-order valence-electron chi connectivity index (χ0n) is 8.84. The number of hydrogen-bond donors (Lipinski definition) is 1. The SMILES string of the molecule is CCCC(O)c1cc2cc(Cl)cc(Br)c2o1. The first kappa shape index (κ1) is 12.0. The number of aliphatic hydroxyl groups excluding tert-OH is 1. The normalized spacial score (nSPS) is 13.2. The standard InChI is InChI=1S/C12H12BrClO2/c1-2-3-10(15)11-5-7-4-8(14)6-9(13)12(7)16-11/h4-6,10,15H,2-3H2,1H3. The minimum Gasteiger partial charge on any atom is -0.457 e. The van der Waals surface area contributed by atoms with E-state index in [2.05, 4.69) is 15.9 Å². The lowest BCUT2D eigenvalue weighted by atomic mass is 10.1. The molecule has 1 atom stereocenters. The van der Waals surface area contributed by atoms with Crippen molar-refractivity contribution in [2.75, 3.05) is 0 Å². The van der Waals surface area contributed by atoms with E-state index < -0.39 is 6.10 Å². The van der Waals surface area contributed by atoms with Gasteiger partial charge in [0.15, 0.2) is 0 Å². The average Bonchev–Trinajstić information content (AvgIpc) is 2.62. The van der Waals surface area contributed by atoms with Crippen molar-refractivity contribution in [1.29, 1.82) is 0 Å².